The van der Waals surface area contributed by atoms with Gasteiger partial charge in [0.05, 0.1) is 5.92 Å². The molecule has 0 spiro atoms. The molecule has 1 aliphatic rings. The lowest BCUT2D eigenvalue weighted by molar-refractivity contribution is -0.138. The number of aliphatic carboxylic acids is 1. The van der Waals surface area contributed by atoms with E-state index in [-0.39, 0.29) is 17.2 Å². The van der Waals surface area contributed by atoms with Crippen molar-refractivity contribution >= 4 is 5.97 Å². The van der Waals surface area contributed by atoms with Gasteiger partial charge < -0.3 is 5.11 Å². The number of carboxylic acid groups (broad SMARTS) is 1. The fourth-order valence-corrected chi connectivity index (χ4v) is 2.11. The van der Waals surface area contributed by atoms with Gasteiger partial charge in [0.1, 0.15) is 5.82 Å². The fourth-order valence-electron chi connectivity index (χ4n) is 2.11. The Kier molecular flexibility index (Phi) is 2.72. The first-order chi connectivity index (χ1) is 7.80. The van der Waals surface area contributed by atoms with Crippen molar-refractivity contribution in [1.82, 2.24) is 0 Å². The first-order valence-electron chi connectivity index (χ1n) is 5.83. The van der Waals surface area contributed by atoms with E-state index in [0.717, 1.165) is 5.56 Å². The maximum Gasteiger partial charge on any atom is 0.307 e. The lowest BCUT2D eigenvalue weighted by Gasteiger charge is -2.19. The monoisotopic (exact) mass is 236 g/mol. The van der Waals surface area contributed by atoms with Gasteiger partial charge in [-0.2, -0.15) is 0 Å². The van der Waals surface area contributed by atoms with Crippen molar-refractivity contribution in [3.8, 4) is 0 Å². The lowest BCUT2D eigenvalue weighted by Crippen LogP contribution is -2.11. The molecule has 1 fully saturated rings. The van der Waals surface area contributed by atoms with Gasteiger partial charge in [0.25, 0.3) is 0 Å². The highest BCUT2D eigenvalue weighted by atomic mass is 19.1. The second-order valence-corrected chi connectivity index (χ2v) is 5.77. The highest BCUT2D eigenvalue weighted by Gasteiger charge is 2.45. The molecule has 0 bridgehead atoms. The van der Waals surface area contributed by atoms with Gasteiger partial charge in [0, 0.05) is 5.92 Å². The van der Waals surface area contributed by atoms with E-state index in [1.807, 2.05) is 26.8 Å². The molecule has 0 aliphatic heterocycles. The molecule has 0 heterocycles. The first kappa shape index (κ1) is 12.1. The molecule has 3 heteroatoms. The van der Waals surface area contributed by atoms with Crippen molar-refractivity contribution in [3.63, 3.8) is 0 Å². The highest BCUT2D eigenvalue weighted by molar-refractivity contribution is 5.75. The van der Waals surface area contributed by atoms with Crippen LogP contribution in [0.1, 0.15) is 44.2 Å². The molecule has 0 radical (unpaired) electrons. The van der Waals surface area contributed by atoms with Gasteiger partial charge in [0.2, 0.25) is 0 Å². The standard InChI is InChI=1S/C14H17FO2/c1-14(2,3)8-4-5-9(12(15)6-8)10-7-11(10)13(16)17/h4-6,10-11H,7H2,1-3H3,(H,16,17)/t10?,11-/m0/s1. The molecule has 1 aromatic carbocycles. The minimum atomic E-state index is -0.825. The summed E-state index contributed by atoms with van der Waals surface area (Å²) in [6.07, 6.45) is 0.557. The zero-order valence-electron chi connectivity index (χ0n) is 10.3. The molecule has 2 atom stereocenters. The summed E-state index contributed by atoms with van der Waals surface area (Å²) in [6, 6.07) is 5.17. The van der Waals surface area contributed by atoms with E-state index in [4.69, 9.17) is 5.11 Å². The number of hydrogen-bond acceptors (Lipinski definition) is 1. The van der Waals surface area contributed by atoms with Gasteiger partial charge in [-0.05, 0) is 29.0 Å². The molecular weight excluding hydrogens is 219 g/mol. The van der Waals surface area contributed by atoms with Gasteiger partial charge in [0.15, 0.2) is 0 Å². The minimum absolute atomic E-state index is 0.0882. The molecule has 2 nitrogen and oxygen atoms in total. The molecular formula is C14H17FO2. The Morgan fingerprint density at radius 1 is 1.41 bits per heavy atom. The largest absolute Gasteiger partial charge is 0.481 e. The summed E-state index contributed by atoms with van der Waals surface area (Å²) in [5.41, 5.74) is 1.39. The summed E-state index contributed by atoms with van der Waals surface area (Å²) in [6.45, 7) is 6.08. The SMILES string of the molecule is CC(C)(C)c1ccc(C2C[C@@H]2C(=O)O)c(F)c1. The molecule has 17 heavy (non-hydrogen) atoms. The van der Waals surface area contributed by atoms with Crippen LogP contribution in [0.3, 0.4) is 0 Å². The summed E-state index contributed by atoms with van der Waals surface area (Å²) in [4.78, 5) is 10.8. The molecule has 92 valence electrons. The molecule has 1 aromatic rings. The van der Waals surface area contributed by atoms with Crippen molar-refractivity contribution in [3.05, 3.63) is 35.1 Å². The van der Waals surface area contributed by atoms with Gasteiger partial charge >= 0.3 is 5.97 Å². The molecule has 1 saturated carbocycles. The molecule has 1 aliphatic carbocycles. The number of rotatable bonds is 2. The summed E-state index contributed by atoms with van der Waals surface area (Å²) >= 11 is 0. The maximum atomic E-state index is 13.9. The molecule has 1 unspecified atom stereocenters. The van der Waals surface area contributed by atoms with E-state index in [0.29, 0.717) is 12.0 Å². The Balaban J connectivity index is 2.25. The van der Waals surface area contributed by atoms with E-state index in [1.165, 1.54) is 6.07 Å². The Hall–Kier alpha value is -1.38. The van der Waals surface area contributed by atoms with Crippen LogP contribution in [0.4, 0.5) is 4.39 Å². The number of carbonyl (C=O) groups is 1. The normalized spacial score (nSPS) is 23.5. The van der Waals surface area contributed by atoms with Crippen LogP contribution in [0.5, 0.6) is 0 Å². The Labute approximate surface area is 100 Å². The lowest BCUT2D eigenvalue weighted by atomic mass is 9.86. The summed E-state index contributed by atoms with van der Waals surface area (Å²) < 4.78 is 13.9. The van der Waals surface area contributed by atoms with Crippen LogP contribution in [0.25, 0.3) is 0 Å². The first-order valence-corrected chi connectivity index (χ1v) is 5.83. The fraction of sp³-hybridized carbons (Fsp3) is 0.500. The van der Waals surface area contributed by atoms with Crippen LogP contribution >= 0.6 is 0 Å². The number of halogens is 1. The van der Waals surface area contributed by atoms with Crippen LogP contribution in [-0.4, -0.2) is 11.1 Å². The van der Waals surface area contributed by atoms with Gasteiger partial charge in [-0.3, -0.25) is 4.79 Å². The maximum absolute atomic E-state index is 13.9. The highest BCUT2D eigenvalue weighted by Crippen LogP contribution is 2.48. The quantitative estimate of drug-likeness (QED) is 0.855. The van der Waals surface area contributed by atoms with Crippen LogP contribution < -0.4 is 0 Å². The van der Waals surface area contributed by atoms with E-state index in [1.54, 1.807) is 6.07 Å². The topological polar surface area (TPSA) is 37.3 Å². The molecule has 0 saturated heterocycles. The predicted octanol–water partition coefficient (Wildman–Crippen LogP) is 3.31. The Bertz CT molecular complexity index is 460. The minimum Gasteiger partial charge on any atom is -0.481 e. The molecule has 2 rings (SSSR count). The van der Waals surface area contributed by atoms with Crippen molar-refractivity contribution in [2.45, 2.75) is 38.5 Å². The van der Waals surface area contributed by atoms with E-state index in [9.17, 15) is 9.18 Å². The third-order valence-corrected chi connectivity index (χ3v) is 3.37. The second-order valence-electron chi connectivity index (χ2n) is 5.77. The van der Waals surface area contributed by atoms with Crippen LogP contribution in [0, 0.1) is 11.7 Å². The summed E-state index contributed by atoms with van der Waals surface area (Å²) in [5, 5.41) is 8.84. The molecule has 0 amide bonds. The number of hydrogen-bond donors (Lipinski definition) is 1. The number of carboxylic acids is 1. The third kappa shape index (κ3) is 2.33. The van der Waals surface area contributed by atoms with Crippen molar-refractivity contribution < 1.29 is 14.3 Å². The Morgan fingerprint density at radius 2 is 2.06 bits per heavy atom. The number of benzene rings is 1. The summed E-state index contributed by atoms with van der Waals surface area (Å²) in [5.74, 6) is -1.63. The van der Waals surface area contributed by atoms with E-state index >= 15 is 0 Å². The average molecular weight is 236 g/mol. The van der Waals surface area contributed by atoms with Gasteiger partial charge in [-0.1, -0.05) is 32.9 Å². The smallest absolute Gasteiger partial charge is 0.307 e. The third-order valence-electron chi connectivity index (χ3n) is 3.37. The van der Waals surface area contributed by atoms with Crippen molar-refractivity contribution in [1.29, 1.82) is 0 Å². The zero-order chi connectivity index (χ0) is 12.8. The van der Waals surface area contributed by atoms with Crippen LogP contribution in [0.2, 0.25) is 0 Å². The second kappa shape index (κ2) is 3.83. The van der Waals surface area contributed by atoms with Crippen LogP contribution in [0.15, 0.2) is 18.2 Å². The van der Waals surface area contributed by atoms with Crippen molar-refractivity contribution in [2.24, 2.45) is 5.92 Å². The van der Waals surface area contributed by atoms with Crippen molar-refractivity contribution in [2.75, 3.05) is 0 Å². The molecule has 1 N–H and O–H groups in total. The molecule has 0 aromatic heterocycles. The van der Waals surface area contributed by atoms with Gasteiger partial charge in [-0.25, -0.2) is 4.39 Å². The van der Waals surface area contributed by atoms with Crippen LogP contribution in [-0.2, 0) is 10.2 Å². The average Bonchev–Trinajstić information content (AvgIpc) is 2.95. The predicted molar refractivity (Wildman–Crippen MR) is 63.6 cm³/mol. The Morgan fingerprint density at radius 3 is 2.47 bits per heavy atom. The van der Waals surface area contributed by atoms with Gasteiger partial charge in [-0.15, -0.1) is 0 Å². The van der Waals surface area contributed by atoms with E-state index < -0.39 is 11.9 Å². The zero-order valence-corrected chi connectivity index (χ0v) is 10.3. The van der Waals surface area contributed by atoms with E-state index in [2.05, 4.69) is 0 Å². The summed E-state index contributed by atoms with van der Waals surface area (Å²) in [7, 11) is 0.